The van der Waals surface area contributed by atoms with Gasteiger partial charge in [0.15, 0.2) is 5.78 Å². The standard InChI is InChI=1S/C11H20O2/c1-3-10-5-4-6-11(7-10)13-8-9(2)12/h10-11H,3-8H2,1-2H3. The molecular weight excluding hydrogens is 164 g/mol. The molecule has 1 saturated carbocycles. The molecule has 1 rings (SSSR count). The molecule has 76 valence electrons. The lowest BCUT2D eigenvalue weighted by atomic mass is 9.85. The summed E-state index contributed by atoms with van der Waals surface area (Å²) in [5, 5.41) is 0. The number of rotatable bonds is 4. The fraction of sp³-hybridized carbons (Fsp3) is 0.909. The third-order valence-corrected chi connectivity index (χ3v) is 2.83. The van der Waals surface area contributed by atoms with Crippen molar-refractivity contribution in [3.05, 3.63) is 0 Å². The van der Waals surface area contributed by atoms with Gasteiger partial charge >= 0.3 is 0 Å². The highest BCUT2D eigenvalue weighted by Gasteiger charge is 2.21. The molecule has 0 spiro atoms. The van der Waals surface area contributed by atoms with Crippen molar-refractivity contribution in [3.8, 4) is 0 Å². The van der Waals surface area contributed by atoms with Crippen molar-refractivity contribution in [3.63, 3.8) is 0 Å². The Hall–Kier alpha value is -0.370. The van der Waals surface area contributed by atoms with Gasteiger partial charge in [0, 0.05) is 0 Å². The smallest absolute Gasteiger partial charge is 0.155 e. The molecular formula is C11H20O2. The maximum absolute atomic E-state index is 10.7. The number of hydrogen-bond donors (Lipinski definition) is 0. The van der Waals surface area contributed by atoms with E-state index in [9.17, 15) is 4.79 Å². The number of ether oxygens (including phenoxy) is 1. The van der Waals surface area contributed by atoms with Gasteiger partial charge in [0.05, 0.1) is 6.10 Å². The first-order chi connectivity index (χ1) is 6.22. The Balaban J connectivity index is 2.21. The molecule has 0 aromatic carbocycles. The van der Waals surface area contributed by atoms with Gasteiger partial charge in [-0.15, -0.1) is 0 Å². The largest absolute Gasteiger partial charge is 0.370 e. The molecule has 0 saturated heterocycles. The van der Waals surface area contributed by atoms with Crippen LogP contribution in [-0.2, 0) is 9.53 Å². The van der Waals surface area contributed by atoms with Crippen molar-refractivity contribution < 1.29 is 9.53 Å². The third kappa shape index (κ3) is 3.90. The van der Waals surface area contributed by atoms with Crippen LogP contribution >= 0.6 is 0 Å². The van der Waals surface area contributed by atoms with Gasteiger partial charge in [0.1, 0.15) is 6.61 Å². The Morgan fingerprint density at radius 1 is 1.46 bits per heavy atom. The Morgan fingerprint density at radius 3 is 2.85 bits per heavy atom. The molecule has 2 unspecified atom stereocenters. The summed E-state index contributed by atoms with van der Waals surface area (Å²) in [5.74, 6) is 0.962. The molecule has 0 bridgehead atoms. The van der Waals surface area contributed by atoms with Crippen molar-refractivity contribution in [2.45, 2.75) is 52.1 Å². The van der Waals surface area contributed by atoms with E-state index in [0.29, 0.717) is 12.7 Å². The molecule has 0 aromatic rings. The van der Waals surface area contributed by atoms with Crippen LogP contribution in [0.15, 0.2) is 0 Å². The predicted molar refractivity (Wildman–Crippen MR) is 52.7 cm³/mol. The summed E-state index contributed by atoms with van der Waals surface area (Å²) in [6.45, 7) is 4.12. The fourth-order valence-electron chi connectivity index (χ4n) is 2.00. The van der Waals surface area contributed by atoms with Crippen LogP contribution in [0.1, 0.15) is 46.0 Å². The molecule has 0 heterocycles. The Morgan fingerprint density at radius 2 is 2.23 bits per heavy atom. The summed E-state index contributed by atoms with van der Waals surface area (Å²) in [5.41, 5.74) is 0. The molecule has 0 N–H and O–H groups in total. The van der Waals surface area contributed by atoms with E-state index in [1.165, 1.54) is 19.3 Å². The predicted octanol–water partition coefficient (Wildman–Crippen LogP) is 2.56. The van der Waals surface area contributed by atoms with Gasteiger partial charge in [-0.05, 0) is 25.7 Å². The van der Waals surface area contributed by atoms with E-state index in [-0.39, 0.29) is 5.78 Å². The number of ketones is 1. The van der Waals surface area contributed by atoms with E-state index in [4.69, 9.17) is 4.74 Å². The molecule has 1 aliphatic rings. The zero-order valence-corrected chi connectivity index (χ0v) is 8.71. The molecule has 2 nitrogen and oxygen atoms in total. The average Bonchev–Trinajstić information content (AvgIpc) is 2.15. The first kappa shape index (κ1) is 10.7. The van der Waals surface area contributed by atoms with Crippen LogP contribution in [0.25, 0.3) is 0 Å². The summed E-state index contributed by atoms with van der Waals surface area (Å²) in [6, 6.07) is 0. The first-order valence-corrected chi connectivity index (χ1v) is 5.33. The fourth-order valence-corrected chi connectivity index (χ4v) is 2.00. The number of carbonyl (C=O) groups excluding carboxylic acids is 1. The van der Waals surface area contributed by atoms with Crippen LogP contribution in [0.2, 0.25) is 0 Å². The second kappa shape index (κ2) is 5.38. The van der Waals surface area contributed by atoms with Gasteiger partial charge in [-0.3, -0.25) is 4.79 Å². The van der Waals surface area contributed by atoms with Gasteiger partial charge < -0.3 is 4.74 Å². The first-order valence-electron chi connectivity index (χ1n) is 5.33. The van der Waals surface area contributed by atoms with Gasteiger partial charge in [-0.25, -0.2) is 0 Å². The van der Waals surface area contributed by atoms with Crippen molar-refractivity contribution in [2.24, 2.45) is 5.92 Å². The monoisotopic (exact) mass is 184 g/mol. The SMILES string of the molecule is CCC1CCCC(OCC(C)=O)C1. The molecule has 13 heavy (non-hydrogen) atoms. The van der Waals surface area contributed by atoms with E-state index in [1.807, 2.05) is 0 Å². The van der Waals surface area contributed by atoms with Gasteiger partial charge in [0.2, 0.25) is 0 Å². The van der Waals surface area contributed by atoms with Crippen molar-refractivity contribution in [1.29, 1.82) is 0 Å². The van der Waals surface area contributed by atoms with Crippen LogP contribution in [0.5, 0.6) is 0 Å². The van der Waals surface area contributed by atoms with Gasteiger partial charge in [-0.2, -0.15) is 0 Å². The van der Waals surface area contributed by atoms with Crippen LogP contribution in [0.4, 0.5) is 0 Å². The second-order valence-electron chi connectivity index (χ2n) is 4.08. The minimum Gasteiger partial charge on any atom is -0.370 e. The van der Waals surface area contributed by atoms with Crippen LogP contribution in [0, 0.1) is 5.92 Å². The summed E-state index contributed by atoms with van der Waals surface area (Å²) in [7, 11) is 0. The maximum Gasteiger partial charge on any atom is 0.155 e. The normalized spacial score (nSPS) is 28.8. The lowest BCUT2D eigenvalue weighted by Gasteiger charge is -2.28. The van der Waals surface area contributed by atoms with E-state index in [2.05, 4.69) is 6.92 Å². The van der Waals surface area contributed by atoms with Crippen molar-refractivity contribution in [1.82, 2.24) is 0 Å². The van der Waals surface area contributed by atoms with Crippen molar-refractivity contribution >= 4 is 5.78 Å². The lowest BCUT2D eigenvalue weighted by Crippen LogP contribution is -2.24. The number of carbonyl (C=O) groups is 1. The number of Topliss-reactive ketones (excluding diaryl/α,β-unsaturated/α-hetero) is 1. The Labute approximate surface area is 80.7 Å². The quantitative estimate of drug-likeness (QED) is 0.671. The zero-order valence-electron chi connectivity index (χ0n) is 8.71. The lowest BCUT2D eigenvalue weighted by molar-refractivity contribution is -0.124. The van der Waals surface area contributed by atoms with E-state index >= 15 is 0 Å². The maximum atomic E-state index is 10.7. The highest BCUT2D eigenvalue weighted by molar-refractivity contribution is 5.76. The van der Waals surface area contributed by atoms with Crippen LogP contribution in [-0.4, -0.2) is 18.5 Å². The number of hydrogen-bond acceptors (Lipinski definition) is 2. The molecule has 2 atom stereocenters. The van der Waals surface area contributed by atoms with Gasteiger partial charge in [-0.1, -0.05) is 26.2 Å². The minimum absolute atomic E-state index is 0.138. The van der Waals surface area contributed by atoms with E-state index < -0.39 is 0 Å². The Kier molecular flexibility index (Phi) is 4.43. The Bertz CT molecular complexity index is 165. The molecule has 1 fully saturated rings. The third-order valence-electron chi connectivity index (χ3n) is 2.83. The average molecular weight is 184 g/mol. The summed E-state index contributed by atoms with van der Waals surface area (Å²) >= 11 is 0. The molecule has 0 aromatic heterocycles. The minimum atomic E-state index is 0.138. The summed E-state index contributed by atoms with van der Waals surface area (Å²) in [4.78, 5) is 10.7. The highest BCUT2D eigenvalue weighted by Crippen LogP contribution is 2.28. The molecule has 2 heteroatoms. The van der Waals surface area contributed by atoms with Crippen molar-refractivity contribution in [2.75, 3.05) is 6.61 Å². The molecule has 0 amide bonds. The zero-order chi connectivity index (χ0) is 9.68. The van der Waals surface area contributed by atoms with E-state index in [0.717, 1.165) is 18.8 Å². The van der Waals surface area contributed by atoms with E-state index in [1.54, 1.807) is 6.92 Å². The summed E-state index contributed by atoms with van der Waals surface area (Å²) < 4.78 is 5.53. The second-order valence-corrected chi connectivity index (χ2v) is 4.08. The summed E-state index contributed by atoms with van der Waals surface area (Å²) in [6.07, 6.45) is 6.51. The molecule has 0 aliphatic heterocycles. The molecule has 1 aliphatic carbocycles. The van der Waals surface area contributed by atoms with Crippen LogP contribution in [0.3, 0.4) is 0 Å². The molecule has 0 radical (unpaired) electrons. The topological polar surface area (TPSA) is 26.3 Å². The highest BCUT2D eigenvalue weighted by atomic mass is 16.5. The van der Waals surface area contributed by atoms with Gasteiger partial charge in [0.25, 0.3) is 0 Å². The van der Waals surface area contributed by atoms with Crippen LogP contribution < -0.4 is 0 Å².